The van der Waals surface area contributed by atoms with E-state index >= 15 is 0 Å². The fourth-order valence-corrected chi connectivity index (χ4v) is 3.38. The highest BCUT2D eigenvalue weighted by atomic mass is 32.2. The number of hydrogen-bond acceptors (Lipinski definition) is 5. The van der Waals surface area contributed by atoms with Crippen molar-refractivity contribution in [2.75, 3.05) is 26.8 Å². The predicted molar refractivity (Wildman–Crippen MR) is 76.9 cm³/mol. The Morgan fingerprint density at radius 3 is 2.75 bits per heavy atom. The van der Waals surface area contributed by atoms with Crippen molar-refractivity contribution in [1.29, 1.82) is 0 Å². The van der Waals surface area contributed by atoms with E-state index in [1.165, 1.54) is 0 Å². The average molecular weight is 304 g/mol. The smallest absolute Gasteiger partial charge is 0.244 e. The Hall–Kier alpha value is -0.960. The van der Waals surface area contributed by atoms with Gasteiger partial charge >= 0.3 is 0 Å². The van der Waals surface area contributed by atoms with Crippen molar-refractivity contribution in [3.63, 3.8) is 0 Å². The molecule has 1 unspecified atom stereocenters. The molecule has 0 fully saturated rings. The molecular weight excluding hydrogens is 280 g/mol. The van der Waals surface area contributed by atoms with Crippen molar-refractivity contribution in [3.8, 4) is 0 Å². The number of rotatable bonds is 9. The Bertz CT molecular complexity index is 513. The van der Waals surface area contributed by atoms with E-state index in [1.807, 2.05) is 13.8 Å². The maximum atomic E-state index is 12.4. The molecule has 0 aromatic carbocycles. The second-order valence-electron chi connectivity index (χ2n) is 4.82. The fraction of sp³-hybridized carbons (Fsp3) is 0.750. The van der Waals surface area contributed by atoms with Gasteiger partial charge < -0.3 is 10.1 Å². The van der Waals surface area contributed by atoms with E-state index in [0.717, 1.165) is 6.54 Å². The highest BCUT2D eigenvalue weighted by Gasteiger charge is 2.24. The summed E-state index contributed by atoms with van der Waals surface area (Å²) >= 11 is 0. The van der Waals surface area contributed by atoms with Crippen LogP contribution in [0.2, 0.25) is 0 Å². The van der Waals surface area contributed by atoms with Gasteiger partial charge in [0.1, 0.15) is 4.90 Å². The standard InChI is InChI=1S/C12H24N4O3S/c1-5-13-7-11-12(10(3)15-16-11)20(17,18)14-6-9(2)8-19-4/h9,13-14H,5-8H2,1-4H3,(H,15,16). The molecule has 0 aliphatic heterocycles. The van der Waals surface area contributed by atoms with Crippen LogP contribution < -0.4 is 10.0 Å². The first kappa shape index (κ1) is 17.1. The van der Waals surface area contributed by atoms with E-state index in [9.17, 15) is 8.42 Å². The van der Waals surface area contributed by atoms with Gasteiger partial charge in [0.25, 0.3) is 0 Å². The van der Waals surface area contributed by atoms with Crippen molar-refractivity contribution >= 4 is 10.0 Å². The monoisotopic (exact) mass is 304 g/mol. The second-order valence-corrected chi connectivity index (χ2v) is 6.52. The molecule has 1 atom stereocenters. The van der Waals surface area contributed by atoms with Crippen LogP contribution >= 0.6 is 0 Å². The van der Waals surface area contributed by atoms with Crippen molar-refractivity contribution in [2.45, 2.75) is 32.2 Å². The number of aromatic nitrogens is 2. The summed E-state index contributed by atoms with van der Waals surface area (Å²) in [6, 6.07) is 0. The Morgan fingerprint density at radius 2 is 2.15 bits per heavy atom. The first-order chi connectivity index (χ1) is 9.42. The molecule has 3 N–H and O–H groups in total. The van der Waals surface area contributed by atoms with Crippen LogP contribution in [0.3, 0.4) is 0 Å². The number of aryl methyl sites for hydroxylation is 1. The van der Waals surface area contributed by atoms with Gasteiger partial charge in [0, 0.05) is 26.8 Å². The Labute approximate surface area is 120 Å². The Balaban J connectivity index is 2.83. The van der Waals surface area contributed by atoms with Crippen LogP contribution in [-0.2, 0) is 21.3 Å². The predicted octanol–water partition coefficient (Wildman–Crippen LogP) is 0.388. The van der Waals surface area contributed by atoms with E-state index in [1.54, 1.807) is 14.0 Å². The number of H-pyrrole nitrogens is 1. The maximum Gasteiger partial charge on any atom is 0.244 e. The molecule has 1 aromatic heterocycles. The van der Waals surface area contributed by atoms with Crippen LogP contribution in [0.15, 0.2) is 4.90 Å². The minimum absolute atomic E-state index is 0.110. The largest absolute Gasteiger partial charge is 0.384 e. The third-order valence-electron chi connectivity index (χ3n) is 2.85. The SMILES string of the molecule is CCNCc1n[nH]c(C)c1S(=O)(=O)NCC(C)COC. The third-order valence-corrected chi connectivity index (χ3v) is 4.47. The van der Waals surface area contributed by atoms with Crippen LogP contribution in [0, 0.1) is 12.8 Å². The normalized spacial score (nSPS) is 13.6. The van der Waals surface area contributed by atoms with Crippen LogP contribution in [0.5, 0.6) is 0 Å². The van der Waals surface area contributed by atoms with Gasteiger partial charge in [0.2, 0.25) is 10.0 Å². The molecule has 0 spiro atoms. The van der Waals surface area contributed by atoms with E-state index in [-0.39, 0.29) is 10.8 Å². The minimum atomic E-state index is -3.56. The summed E-state index contributed by atoms with van der Waals surface area (Å²) in [7, 11) is -1.96. The summed E-state index contributed by atoms with van der Waals surface area (Å²) in [6.45, 7) is 7.61. The van der Waals surface area contributed by atoms with Crippen LogP contribution in [0.4, 0.5) is 0 Å². The molecule has 20 heavy (non-hydrogen) atoms. The first-order valence-electron chi connectivity index (χ1n) is 6.65. The number of methoxy groups -OCH3 is 1. The molecule has 116 valence electrons. The lowest BCUT2D eigenvalue weighted by Crippen LogP contribution is -2.31. The summed E-state index contributed by atoms with van der Waals surface area (Å²) in [5.41, 5.74) is 1.06. The van der Waals surface area contributed by atoms with Gasteiger partial charge in [-0.3, -0.25) is 5.10 Å². The molecule has 0 saturated heterocycles. The van der Waals surface area contributed by atoms with Crippen molar-refractivity contribution in [1.82, 2.24) is 20.2 Å². The summed E-state index contributed by atoms with van der Waals surface area (Å²) in [6.07, 6.45) is 0. The summed E-state index contributed by atoms with van der Waals surface area (Å²) in [4.78, 5) is 0.239. The zero-order valence-corrected chi connectivity index (χ0v) is 13.3. The topological polar surface area (TPSA) is 96.1 Å². The van der Waals surface area contributed by atoms with Crippen LogP contribution in [0.25, 0.3) is 0 Å². The van der Waals surface area contributed by atoms with Crippen LogP contribution in [-0.4, -0.2) is 45.4 Å². The first-order valence-corrected chi connectivity index (χ1v) is 8.13. The number of ether oxygens (including phenoxy) is 1. The van der Waals surface area contributed by atoms with Crippen molar-refractivity contribution < 1.29 is 13.2 Å². The number of hydrogen-bond donors (Lipinski definition) is 3. The molecule has 0 radical (unpaired) electrons. The van der Waals surface area contributed by atoms with Gasteiger partial charge in [0.05, 0.1) is 11.4 Å². The molecular formula is C12H24N4O3S. The van der Waals surface area contributed by atoms with Gasteiger partial charge in [-0.25, -0.2) is 13.1 Å². The van der Waals surface area contributed by atoms with Crippen molar-refractivity contribution in [3.05, 3.63) is 11.4 Å². The second kappa shape index (κ2) is 7.72. The molecule has 0 aliphatic rings. The van der Waals surface area contributed by atoms with E-state index in [0.29, 0.717) is 31.1 Å². The molecule has 7 nitrogen and oxygen atoms in total. The zero-order chi connectivity index (χ0) is 15.2. The van der Waals surface area contributed by atoms with Gasteiger partial charge in [-0.15, -0.1) is 0 Å². The highest BCUT2D eigenvalue weighted by molar-refractivity contribution is 7.89. The quantitative estimate of drug-likeness (QED) is 0.613. The molecule has 8 heteroatoms. The molecule has 0 saturated carbocycles. The number of nitrogens with zero attached hydrogens (tertiary/aromatic N) is 1. The van der Waals surface area contributed by atoms with E-state index in [2.05, 4.69) is 20.2 Å². The summed E-state index contributed by atoms with van der Waals surface area (Å²) in [5, 5.41) is 9.86. The van der Waals surface area contributed by atoms with Gasteiger partial charge in [-0.1, -0.05) is 13.8 Å². The zero-order valence-electron chi connectivity index (χ0n) is 12.5. The van der Waals surface area contributed by atoms with Gasteiger partial charge in [-0.05, 0) is 19.4 Å². The Morgan fingerprint density at radius 1 is 1.45 bits per heavy atom. The average Bonchev–Trinajstić information content (AvgIpc) is 2.76. The fourth-order valence-electron chi connectivity index (χ4n) is 1.86. The lowest BCUT2D eigenvalue weighted by molar-refractivity contribution is 0.161. The van der Waals surface area contributed by atoms with Crippen molar-refractivity contribution in [2.24, 2.45) is 5.92 Å². The minimum Gasteiger partial charge on any atom is -0.384 e. The summed E-state index contributed by atoms with van der Waals surface area (Å²) < 4.78 is 32.3. The molecule has 0 bridgehead atoms. The molecule has 0 aliphatic carbocycles. The highest BCUT2D eigenvalue weighted by Crippen LogP contribution is 2.17. The van der Waals surface area contributed by atoms with E-state index < -0.39 is 10.0 Å². The summed E-state index contributed by atoms with van der Waals surface area (Å²) in [5.74, 6) is 0.110. The molecule has 1 aromatic rings. The Kier molecular flexibility index (Phi) is 6.60. The van der Waals surface area contributed by atoms with Gasteiger partial charge in [0.15, 0.2) is 0 Å². The van der Waals surface area contributed by atoms with Crippen LogP contribution in [0.1, 0.15) is 25.2 Å². The number of sulfonamides is 1. The lowest BCUT2D eigenvalue weighted by Gasteiger charge is -2.12. The lowest BCUT2D eigenvalue weighted by atomic mass is 10.2. The number of nitrogens with one attached hydrogen (secondary N) is 3. The van der Waals surface area contributed by atoms with E-state index in [4.69, 9.17) is 4.74 Å². The molecule has 1 heterocycles. The van der Waals surface area contributed by atoms with Gasteiger partial charge in [-0.2, -0.15) is 5.10 Å². The number of aromatic amines is 1. The maximum absolute atomic E-state index is 12.4. The molecule has 0 amide bonds. The third kappa shape index (κ3) is 4.55. The molecule has 1 rings (SSSR count).